The van der Waals surface area contributed by atoms with E-state index in [0.29, 0.717) is 12.8 Å². The Kier molecular flexibility index (Phi) is 46.4. The zero-order chi connectivity index (χ0) is 79.5. The van der Waals surface area contributed by atoms with Crippen LogP contribution in [-0.4, -0.2) is 261 Å². The highest BCUT2D eigenvalue weighted by Gasteiger charge is 2.38. The highest BCUT2D eigenvalue weighted by Crippen LogP contribution is 2.13. The number of amides is 12. The lowest BCUT2D eigenvalue weighted by Gasteiger charge is -2.29. The van der Waals surface area contributed by atoms with E-state index >= 15 is 0 Å². The number of rotatable bonds is 54. The van der Waals surface area contributed by atoms with Crippen LogP contribution in [0.25, 0.3) is 0 Å². The highest BCUT2D eigenvalue weighted by atomic mass is 32.1. The van der Waals surface area contributed by atoms with Gasteiger partial charge in [-0.25, -0.2) is 4.79 Å². The minimum atomic E-state index is -1.92. The van der Waals surface area contributed by atoms with E-state index in [1.165, 1.54) is 0 Å². The summed E-state index contributed by atoms with van der Waals surface area (Å²) in [5, 5.41) is 108. The van der Waals surface area contributed by atoms with Gasteiger partial charge in [-0.3, -0.25) is 77.9 Å². The number of thiol groups is 1. The van der Waals surface area contributed by atoms with Gasteiger partial charge < -0.3 is 134 Å². The molecule has 0 rings (SSSR count). The summed E-state index contributed by atoms with van der Waals surface area (Å²) in [6, 6.07) is -20.9. The topological polar surface area (TPSA) is 724 Å². The second-order valence-corrected chi connectivity index (χ2v) is 25.8. The van der Waals surface area contributed by atoms with Gasteiger partial charge in [0.2, 0.25) is 70.9 Å². The Hall–Kier alpha value is -9.30. The van der Waals surface area contributed by atoms with Gasteiger partial charge in [0, 0.05) is 25.3 Å². The number of nitrogens with one attached hydrogen (secondary N) is 16. The Morgan fingerprint density at radius 3 is 1.09 bits per heavy atom. The molecular weight excluding hydrogens is 1390 g/mol. The number of carboxylic acid groups (broad SMARTS) is 3. The molecular formula is C61H111N21O21S. The molecule has 43 heteroatoms. The van der Waals surface area contributed by atoms with E-state index in [2.05, 4.69) is 87.1 Å². The molecule has 0 spiro atoms. The Bertz CT molecular complexity index is 2880. The lowest BCUT2D eigenvalue weighted by molar-refractivity contribution is -0.142. The maximum absolute atomic E-state index is 14.3. The number of hydrogen-bond acceptors (Lipinski definition) is 24. The van der Waals surface area contributed by atoms with Gasteiger partial charge in [-0.15, -0.1) is 0 Å². The number of aliphatic carboxylic acids is 3. The van der Waals surface area contributed by atoms with Gasteiger partial charge in [-0.1, -0.05) is 27.7 Å². The fourth-order valence-electron chi connectivity index (χ4n) is 9.70. The highest BCUT2D eigenvalue weighted by molar-refractivity contribution is 7.80. The van der Waals surface area contributed by atoms with E-state index < -0.39 is 218 Å². The van der Waals surface area contributed by atoms with Crippen molar-refractivity contribution in [2.75, 3.05) is 45.1 Å². The number of hydrogen-bond donors (Lipinski definition) is 28. The van der Waals surface area contributed by atoms with E-state index in [1.54, 1.807) is 27.7 Å². The number of carboxylic acids is 3. The second-order valence-electron chi connectivity index (χ2n) is 25.4. The maximum atomic E-state index is 14.3. The van der Waals surface area contributed by atoms with Crippen LogP contribution in [-0.2, 0) is 71.9 Å². The summed E-state index contributed by atoms with van der Waals surface area (Å²) in [5.74, 6) is -19.0. The molecule has 0 saturated carbocycles. The predicted molar refractivity (Wildman–Crippen MR) is 376 cm³/mol. The molecule has 12 amide bonds. The Morgan fingerprint density at radius 2 is 0.721 bits per heavy atom. The average molecular weight is 1510 g/mol. The molecule has 0 aromatic carbocycles. The molecule has 0 aromatic rings. The summed E-state index contributed by atoms with van der Waals surface area (Å²) in [5.41, 5.74) is 27.7. The summed E-state index contributed by atoms with van der Waals surface area (Å²) < 4.78 is 0. The smallest absolute Gasteiger partial charge is 0.326 e. The number of carbonyl (C=O) groups excluding carboxylic acids is 12. The van der Waals surface area contributed by atoms with Crippen molar-refractivity contribution in [3.8, 4) is 0 Å². The zero-order valence-corrected chi connectivity index (χ0v) is 60.3. The van der Waals surface area contributed by atoms with Crippen LogP contribution in [0.2, 0.25) is 0 Å². The molecule has 0 radical (unpaired) electrons. The Morgan fingerprint density at radius 1 is 0.394 bits per heavy atom. The quantitative estimate of drug-likeness (QED) is 0.0116. The predicted octanol–water partition coefficient (Wildman–Crippen LogP) is -9.25. The molecule has 0 aliphatic carbocycles. The molecule has 0 aromatic heterocycles. The SMILES string of the molecule is CC(C)C[C@H](NC(=O)[C@H](CS)NC(=O)[C@H](CCC(=O)O)NC(=O)[C@H](CO)NC(=O)[C@H](CC(C)C)NC(=O)[C@H](CCCCN)NC(=O)[C@H](CCCCN)NC(=O)[C@@H](NC(=O)[C@H](CO)NC(=O)[C@H](C)NC(=O)[C@@H](N)CC(=O)O)[C@@H](C)O)C(=O)N[C@@H](CCCNC(=N)N)C(=O)N[C@@H](CCCNC(=N)N)C(=O)O. The monoisotopic (exact) mass is 1510 g/mol. The Labute approximate surface area is 607 Å². The van der Waals surface area contributed by atoms with Crippen LogP contribution in [0.5, 0.6) is 0 Å². The van der Waals surface area contributed by atoms with Crippen LogP contribution in [0, 0.1) is 22.7 Å². The summed E-state index contributed by atoms with van der Waals surface area (Å²) in [4.78, 5) is 200. The molecule has 104 heavy (non-hydrogen) atoms. The number of aliphatic hydroxyl groups is 3. The third-order valence-corrected chi connectivity index (χ3v) is 15.7. The van der Waals surface area contributed by atoms with E-state index in [0.717, 1.165) is 13.8 Å². The van der Waals surface area contributed by atoms with Crippen molar-refractivity contribution in [1.82, 2.24) is 74.4 Å². The fourth-order valence-corrected chi connectivity index (χ4v) is 9.95. The molecule has 0 unspecified atom stereocenters. The van der Waals surface area contributed by atoms with Gasteiger partial charge >= 0.3 is 17.9 Å². The second kappa shape index (κ2) is 51.0. The van der Waals surface area contributed by atoms with Crippen molar-refractivity contribution in [3.63, 3.8) is 0 Å². The van der Waals surface area contributed by atoms with Gasteiger partial charge in [0.15, 0.2) is 11.9 Å². The third-order valence-electron chi connectivity index (χ3n) is 15.3. The molecule has 0 saturated heterocycles. The summed E-state index contributed by atoms with van der Waals surface area (Å²) in [6.07, 6.45) is -3.33. The van der Waals surface area contributed by atoms with Crippen molar-refractivity contribution in [2.24, 2.45) is 40.5 Å². The number of carbonyl (C=O) groups is 15. The number of aliphatic hydroxyl groups excluding tert-OH is 3. The third kappa shape index (κ3) is 38.8. The molecule has 14 atom stereocenters. The van der Waals surface area contributed by atoms with Gasteiger partial charge in [0.05, 0.1) is 31.8 Å². The van der Waals surface area contributed by atoms with Gasteiger partial charge in [0.25, 0.3) is 0 Å². The van der Waals surface area contributed by atoms with E-state index in [4.69, 9.17) is 44.6 Å². The van der Waals surface area contributed by atoms with Crippen molar-refractivity contribution >= 4 is 113 Å². The van der Waals surface area contributed by atoms with Crippen molar-refractivity contribution < 1.29 is 103 Å². The summed E-state index contributed by atoms with van der Waals surface area (Å²) in [6.45, 7) is 7.16. The molecule has 0 heterocycles. The standard InChI is InChI=1S/C61H111N21O21S/c1-29(2)23-39(53(96)73-36(15-11-21-69-60(65)66)50(93)76-38(59(102)103)16-12-22-70-61(67)68)78-57(100)43(28-104)81-52(95)37(17-18-44(86)87)74-55(98)41(26-83)80-54(97)40(24-30(3)4)77-51(94)34(13-7-9-19-62)72-49(92)35(14-8-10-20-63)75-58(101)46(32(6)85)82-56(99)42(27-84)79-47(90)31(5)71-48(91)33(64)25-45(88)89/h29-43,46,83-85,104H,7-28,62-64H2,1-6H3,(H,71,91)(H,72,92)(H,73,96)(H,74,98)(H,75,101)(H,76,93)(H,77,94)(H,78,100)(H,79,90)(H,80,97)(H,81,95)(H,82,99)(H,86,87)(H,88,89)(H,102,103)(H4,65,66,69)(H4,67,68,70)/t31-,32+,33-,34-,35-,36-,37-,38-,39-,40-,41-,42-,43-,46-/m0/s1. The molecule has 42 nitrogen and oxygen atoms in total. The van der Waals surface area contributed by atoms with Crippen LogP contribution in [0.4, 0.5) is 0 Å². The number of unbranched alkanes of at least 4 members (excludes halogenated alkanes) is 2. The normalized spacial score (nSPS) is 15.1. The summed E-state index contributed by atoms with van der Waals surface area (Å²) >= 11 is 4.20. The van der Waals surface area contributed by atoms with E-state index in [-0.39, 0.29) is 108 Å². The van der Waals surface area contributed by atoms with Crippen molar-refractivity contribution in [1.29, 1.82) is 10.8 Å². The van der Waals surface area contributed by atoms with Crippen LogP contribution in [0.3, 0.4) is 0 Å². The average Bonchev–Trinajstić information content (AvgIpc) is 0.862. The van der Waals surface area contributed by atoms with Crippen molar-refractivity contribution in [2.45, 2.75) is 223 Å². The molecule has 0 fully saturated rings. The lowest BCUT2D eigenvalue weighted by Crippen LogP contribution is -2.62. The first-order valence-electron chi connectivity index (χ1n) is 33.9. The minimum Gasteiger partial charge on any atom is -0.481 e. The molecule has 592 valence electrons. The minimum absolute atomic E-state index is 0.0556. The summed E-state index contributed by atoms with van der Waals surface area (Å²) in [7, 11) is 0. The zero-order valence-electron chi connectivity index (χ0n) is 59.4. The first-order valence-corrected chi connectivity index (χ1v) is 34.5. The van der Waals surface area contributed by atoms with Crippen LogP contribution >= 0.6 is 12.6 Å². The van der Waals surface area contributed by atoms with E-state index in [1.807, 2.05) is 0 Å². The molecule has 0 aliphatic rings. The Balaban J connectivity index is 6.82. The largest absolute Gasteiger partial charge is 0.481 e. The molecule has 32 N–H and O–H groups in total. The first-order chi connectivity index (χ1) is 48.8. The lowest BCUT2D eigenvalue weighted by atomic mass is 10.0. The first kappa shape index (κ1) is 94.7. The van der Waals surface area contributed by atoms with Crippen LogP contribution in [0.15, 0.2) is 0 Å². The van der Waals surface area contributed by atoms with Gasteiger partial charge in [0.1, 0.15) is 72.5 Å². The number of guanidine groups is 2. The van der Waals surface area contributed by atoms with Crippen LogP contribution < -0.4 is 103 Å². The van der Waals surface area contributed by atoms with Gasteiger partial charge in [-0.05, 0) is 122 Å². The maximum Gasteiger partial charge on any atom is 0.326 e. The molecule has 0 bridgehead atoms. The van der Waals surface area contributed by atoms with Crippen molar-refractivity contribution in [3.05, 3.63) is 0 Å². The molecule has 0 aliphatic heterocycles. The van der Waals surface area contributed by atoms with Gasteiger partial charge in [-0.2, -0.15) is 12.6 Å². The number of nitrogens with two attached hydrogens (primary N) is 5. The van der Waals surface area contributed by atoms with E-state index in [9.17, 15) is 97.5 Å². The fraction of sp³-hybridized carbons (Fsp3) is 0.721. The van der Waals surface area contributed by atoms with Crippen LogP contribution in [0.1, 0.15) is 138 Å².